The Bertz CT molecular complexity index is 1400. The summed E-state index contributed by atoms with van der Waals surface area (Å²) in [5, 5.41) is 0.635. The Kier molecular flexibility index (Phi) is 9.31. The normalized spacial score (nSPS) is 17.8. The maximum Gasteiger partial charge on any atom is 0.243 e. The fourth-order valence-corrected chi connectivity index (χ4v) is 7.68. The highest BCUT2D eigenvalue weighted by Gasteiger charge is 2.35. The molecular formula is C28H35FN4O5S2. The molecule has 2 saturated heterocycles. The van der Waals surface area contributed by atoms with Crippen LogP contribution >= 0.6 is 11.3 Å². The third kappa shape index (κ3) is 6.46. The molecule has 0 saturated carbocycles. The number of aromatic nitrogens is 1. The highest BCUT2D eigenvalue weighted by atomic mass is 32.2. The molecule has 0 atom stereocenters. The predicted molar refractivity (Wildman–Crippen MR) is 153 cm³/mol. The molecule has 0 radical (unpaired) electrons. The third-order valence-corrected chi connectivity index (χ3v) is 10.3. The van der Waals surface area contributed by atoms with Crippen LogP contribution in [-0.4, -0.2) is 87.6 Å². The summed E-state index contributed by atoms with van der Waals surface area (Å²) in [5.41, 5.74) is 0.746. The zero-order chi connectivity index (χ0) is 28.1. The number of rotatable bonds is 10. The number of hydrogen-bond donors (Lipinski definition) is 0. The summed E-state index contributed by atoms with van der Waals surface area (Å²) in [7, 11) is -3.75. The second kappa shape index (κ2) is 12.9. The van der Waals surface area contributed by atoms with Crippen molar-refractivity contribution in [2.24, 2.45) is 5.92 Å². The van der Waals surface area contributed by atoms with Crippen molar-refractivity contribution in [3.63, 3.8) is 0 Å². The Hall–Kier alpha value is -2.64. The highest BCUT2D eigenvalue weighted by molar-refractivity contribution is 7.89. The number of nitrogens with zero attached hydrogens (tertiary/aromatic N) is 4. The number of para-hydroxylation sites is 1. The van der Waals surface area contributed by atoms with Gasteiger partial charge in [-0.05, 0) is 62.6 Å². The lowest BCUT2D eigenvalue weighted by atomic mass is 9.96. The third-order valence-electron chi connectivity index (χ3n) is 7.38. The molecule has 0 unspecified atom stereocenters. The zero-order valence-corrected chi connectivity index (χ0v) is 24.3. The Balaban J connectivity index is 1.31. The van der Waals surface area contributed by atoms with Gasteiger partial charge in [-0.25, -0.2) is 17.8 Å². The summed E-state index contributed by atoms with van der Waals surface area (Å²) in [6, 6.07) is 10.6. The highest BCUT2D eigenvalue weighted by Crippen LogP contribution is 2.36. The van der Waals surface area contributed by atoms with E-state index < -0.39 is 15.8 Å². The molecule has 216 valence electrons. The first-order chi connectivity index (χ1) is 19.4. The molecule has 9 nitrogen and oxygen atoms in total. The maximum absolute atomic E-state index is 14.0. The van der Waals surface area contributed by atoms with E-state index in [0.29, 0.717) is 36.9 Å². The van der Waals surface area contributed by atoms with Gasteiger partial charge in [-0.1, -0.05) is 17.4 Å². The van der Waals surface area contributed by atoms with Crippen LogP contribution < -0.4 is 9.64 Å². The molecule has 0 N–H and O–H groups in total. The van der Waals surface area contributed by atoms with Gasteiger partial charge >= 0.3 is 0 Å². The fourth-order valence-electron chi connectivity index (χ4n) is 5.20. The molecule has 2 aliphatic heterocycles. The summed E-state index contributed by atoms with van der Waals surface area (Å²) >= 11 is 1.47. The number of hydrogen-bond acceptors (Lipinski definition) is 8. The molecule has 3 heterocycles. The van der Waals surface area contributed by atoms with Crippen LogP contribution in [0.3, 0.4) is 0 Å². The molecule has 2 aliphatic rings. The van der Waals surface area contributed by atoms with E-state index in [1.807, 2.05) is 25.1 Å². The first kappa shape index (κ1) is 28.9. The van der Waals surface area contributed by atoms with Crippen molar-refractivity contribution in [2.45, 2.75) is 31.1 Å². The molecule has 1 aromatic heterocycles. The molecule has 2 fully saturated rings. The lowest BCUT2D eigenvalue weighted by molar-refractivity contribution is -0.123. The van der Waals surface area contributed by atoms with E-state index in [0.717, 1.165) is 61.6 Å². The number of sulfonamides is 1. The van der Waals surface area contributed by atoms with E-state index in [1.54, 1.807) is 4.90 Å². The van der Waals surface area contributed by atoms with Crippen LogP contribution in [0.4, 0.5) is 9.52 Å². The number of piperidine rings is 1. The predicted octanol–water partition coefficient (Wildman–Crippen LogP) is 3.99. The first-order valence-corrected chi connectivity index (χ1v) is 16.0. The second-order valence-corrected chi connectivity index (χ2v) is 12.9. The number of carbonyl (C=O) groups excluding carboxylic acids is 1. The van der Waals surface area contributed by atoms with Crippen molar-refractivity contribution in [1.29, 1.82) is 0 Å². The molecule has 0 bridgehead atoms. The van der Waals surface area contributed by atoms with Crippen LogP contribution in [0.1, 0.15) is 26.2 Å². The maximum atomic E-state index is 14.0. The van der Waals surface area contributed by atoms with E-state index >= 15 is 0 Å². The zero-order valence-electron chi connectivity index (χ0n) is 22.6. The first-order valence-electron chi connectivity index (χ1n) is 13.8. The molecule has 3 aromatic rings. The minimum atomic E-state index is -3.75. The average molecular weight is 591 g/mol. The number of morpholine rings is 1. The van der Waals surface area contributed by atoms with E-state index in [9.17, 15) is 17.6 Å². The number of anilines is 1. The minimum Gasteiger partial charge on any atom is -0.492 e. The number of thiazole rings is 1. The Labute approximate surface area is 238 Å². The van der Waals surface area contributed by atoms with E-state index in [4.69, 9.17) is 14.5 Å². The van der Waals surface area contributed by atoms with Gasteiger partial charge in [0, 0.05) is 45.2 Å². The van der Waals surface area contributed by atoms with Crippen molar-refractivity contribution < 1.29 is 27.1 Å². The smallest absolute Gasteiger partial charge is 0.243 e. The number of amides is 1. The van der Waals surface area contributed by atoms with Crippen LogP contribution in [0.5, 0.6) is 5.75 Å². The lowest BCUT2D eigenvalue weighted by Gasteiger charge is -2.33. The number of fused-ring (bicyclic) bond motifs is 1. The van der Waals surface area contributed by atoms with Crippen LogP contribution in [-0.2, 0) is 19.6 Å². The van der Waals surface area contributed by atoms with E-state index in [2.05, 4.69) is 4.90 Å². The molecule has 12 heteroatoms. The van der Waals surface area contributed by atoms with E-state index in [1.165, 1.54) is 27.8 Å². The molecule has 2 aromatic carbocycles. The van der Waals surface area contributed by atoms with Gasteiger partial charge < -0.3 is 9.47 Å². The van der Waals surface area contributed by atoms with Gasteiger partial charge in [0.15, 0.2) is 5.13 Å². The standard InChI is InChI=1S/C28H35FN4O5S2/c1-2-38-24-5-3-6-25-26(24)30-28(39-25)33(14-4-13-31-17-19-37-20-18-31)27(34)21-11-15-32(16-12-21)40(35,36)23-9-7-22(29)8-10-23/h3,5-10,21H,2,4,11-20H2,1H3. The minimum absolute atomic E-state index is 0.0298. The summed E-state index contributed by atoms with van der Waals surface area (Å²) in [5.74, 6) is -0.137. The molecule has 1 amide bonds. The molecule has 5 rings (SSSR count). The summed E-state index contributed by atoms with van der Waals surface area (Å²) in [4.78, 5) is 23.0. The van der Waals surface area contributed by atoms with Gasteiger partial charge in [-0.3, -0.25) is 14.6 Å². The monoisotopic (exact) mass is 590 g/mol. The van der Waals surface area contributed by atoms with Crippen LogP contribution in [0, 0.1) is 11.7 Å². The van der Waals surface area contributed by atoms with Crippen LogP contribution in [0.15, 0.2) is 47.4 Å². The van der Waals surface area contributed by atoms with E-state index in [-0.39, 0.29) is 29.8 Å². The molecule has 0 spiro atoms. The molecule has 40 heavy (non-hydrogen) atoms. The van der Waals surface area contributed by atoms with Crippen molar-refractivity contribution in [3.05, 3.63) is 48.3 Å². The van der Waals surface area contributed by atoms with Crippen molar-refractivity contribution >= 4 is 42.6 Å². The fraction of sp³-hybridized carbons (Fsp3) is 0.500. The summed E-state index contributed by atoms with van der Waals surface area (Å²) in [6.45, 7) is 7.49. The number of carbonyl (C=O) groups is 1. The van der Waals surface area contributed by atoms with Gasteiger partial charge in [0.05, 0.1) is 29.4 Å². The Morgan fingerprint density at radius 1 is 1.12 bits per heavy atom. The molecule has 0 aliphatic carbocycles. The second-order valence-electron chi connectivity index (χ2n) is 9.96. The van der Waals surface area contributed by atoms with Gasteiger partial charge in [0.1, 0.15) is 17.1 Å². The Morgan fingerprint density at radius 3 is 2.55 bits per heavy atom. The average Bonchev–Trinajstić information content (AvgIpc) is 3.41. The topological polar surface area (TPSA) is 92.3 Å². The molecular weight excluding hydrogens is 555 g/mol. The lowest BCUT2D eigenvalue weighted by Crippen LogP contribution is -2.45. The van der Waals surface area contributed by atoms with Crippen LogP contribution in [0.25, 0.3) is 10.2 Å². The van der Waals surface area contributed by atoms with Gasteiger partial charge in [0.2, 0.25) is 15.9 Å². The largest absolute Gasteiger partial charge is 0.492 e. The van der Waals surface area contributed by atoms with Gasteiger partial charge in [0.25, 0.3) is 0 Å². The van der Waals surface area contributed by atoms with Crippen molar-refractivity contribution in [2.75, 3.05) is 64.0 Å². The van der Waals surface area contributed by atoms with Crippen molar-refractivity contribution in [1.82, 2.24) is 14.2 Å². The summed E-state index contributed by atoms with van der Waals surface area (Å²) in [6.07, 6.45) is 1.61. The Morgan fingerprint density at radius 2 is 1.85 bits per heavy atom. The summed E-state index contributed by atoms with van der Waals surface area (Å²) < 4.78 is 53.1. The van der Waals surface area contributed by atoms with Gasteiger partial charge in [-0.2, -0.15) is 4.31 Å². The van der Waals surface area contributed by atoms with Gasteiger partial charge in [-0.15, -0.1) is 0 Å². The number of halogens is 1. The van der Waals surface area contributed by atoms with Crippen LogP contribution in [0.2, 0.25) is 0 Å². The van der Waals surface area contributed by atoms with Crippen molar-refractivity contribution in [3.8, 4) is 5.75 Å². The number of benzene rings is 2. The quantitative estimate of drug-likeness (QED) is 0.353. The SMILES string of the molecule is CCOc1cccc2sc(N(CCCN3CCOCC3)C(=O)C3CCN(S(=O)(=O)c4ccc(F)cc4)CC3)nc12. The number of ether oxygens (including phenoxy) is 2.